The van der Waals surface area contributed by atoms with Gasteiger partial charge >= 0.3 is 5.69 Å². The van der Waals surface area contributed by atoms with Gasteiger partial charge in [-0.25, -0.2) is 19.0 Å². The molecule has 0 saturated carbocycles. The van der Waals surface area contributed by atoms with Crippen molar-refractivity contribution in [3.8, 4) is 5.82 Å². The zero-order chi connectivity index (χ0) is 18.5. The van der Waals surface area contributed by atoms with Crippen LogP contribution in [-0.4, -0.2) is 25.4 Å². The first-order valence-electron chi connectivity index (χ1n) is 8.53. The fourth-order valence-corrected chi connectivity index (χ4v) is 3.15. The molecule has 2 atom stereocenters. The smallest absolute Gasteiger partial charge is 0.351 e. The summed E-state index contributed by atoms with van der Waals surface area (Å²) < 4.78 is 9.97. The van der Waals surface area contributed by atoms with Crippen molar-refractivity contribution < 1.29 is 4.74 Å². The SMILES string of the molecule is CCC(C(C)OCc1ccccc1)n1ncn(-c2ccc(I)cn2)c1=O. The van der Waals surface area contributed by atoms with E-state index in [9.17, 15) is 4.79 Å². The number of pyridine rings is 1. The zero-order valence-electron chi connectivity index (χ0n) is 14.7. The van der Waals surface area contributed by atoms with Crippen LogP contribution in [0.15, 0.2) is 59.8 Å². The second-order valence-corrected chi connectivity index (χ2v) is 7.29. The Kier molecular flexibility index (Phi) is 6.20. The van der Waals surface area contributed by atoms with E-state index in [1.165, 1.54) is 15.6 Å². The summed E-state index contributed by atoms with van der Waals surface area (Å²) in [6.07, 6.45) is 3.84. The first-order valence-corrected chi connectivity index (χ1v) is 9.61. The van der Waals surface area contributed by atoms with Crippen LogP contribution in [0.25, 0.3) is 5.82 Å². The van der Waals surface area contributed by atoms with E-state index in [0.717, 1.165) is 15.6 Å². The van der Waals surface area contributed by atoms with Crippen LogP contribution in [0, 0.1) is 3.57 Å². The summed E-state index contributed by atoms with van der Waals surface area (Å²) >= 11 is 2.18. The molecule has 0 aliphatic heterocycles. The van der Waals surface area contributed by atoms with Crippen molar-refractivity contribution in [3.05, 3.63) is 74.6 Å². The molecule has 0 N–H and O–H groups in total. The largest absolute Gasteiger partial charge is 0.372 e. The van der Waals surface area contributed by atoms with Crippen LogP contribution in [0.4, 0.5) is 0 Å². The summed E-state index contributed by atoms with van der Waals surface area (Å²) in [5.74, 6) is 0.564. The quantitative estimate of drug-likeness (QED) is 0.502. The Balaban J connectivity index is 1.77. The van der Waals surface area contributed by atoms with Gasteiger partial charge in [-0.1, -0.05) is 37.3 Å². The lowest BCUT2D eigenvalue weighted by Gasteiger charge is -2.22. The van der Waals surface area contributed by atoms with Crippen LogP contribution in [0.3, 0.4) is 0 Å². The molecule has 0 amide bonds. The lowest BCUT2D eigenvalue weighted by Crippen LogP contribution is -2.34. The number of ether oxygens (including phenoxy) is 1. The van der Waals surface area contributed by atoms with Crippen LogP contribution in [0.1, 0.15) is 31.9 Å². The van der Waals surface area contributed by atoms with E-state index in [4.69, 9.17) is 4.74 Å². The number of hydrogen-bond donors (Lipinski definition) is 0. The number of benzene rings is 1. The Bertz CT molecular complexity index is 890. The van der Waals surface area contributed by atoms with Crippen molar-refractivity contribution in [3.63, 3.8) is 0 Å². The van der Waals surface area contributed by atoms with E-state index in [0.29, 0.717) is 12.4 Å². The highest BCUT2D eigenvalue weighted by Crippen LogP contribution is 2.18. The van der Waals surface area contributed by atoms with Crippen molar-refractivity contribution in [2.75, 3.05) is 0 Å². The normalized spacial score (nSPS) is 13.5. The van der Waals surface area contributed by atoms with Gasteiger partial charge < -0.3 is 4.74 Å². The molecular weight excluding hydrogens is 443 g/mol. The van der Waals surface area contributed by atoms with Gasteiger partial charge in [-0.05, 0) is 53.6 Å². The summed E-state index contributed by atoms with van der Waals surface area (Å²) in [6.45, 7) is 4.51. The highest BCUT2D eigenvalue weighted by molar-refractivity contribution is 14.1. The molecule has 3 aromatic rings. The third kappa shape index (κ3) is 4.21. The minimum Gasteiger partial charge on any atom is -0.372 e. The van der Waals surface area contributed by atoms with Crippen molar-refractivity contribution in [2.24, 2.45) is 0 Å². The zero-order valence-corrected chi connectivity index (χ0v) is 16.9. The molecule has 0 aliphatic rings. The van der Waals surface area contributed by atoms with Gasteiger partial charge in [0.25, 0.3) is 0 Å². The van der Waals surface area contributed by atoms with Gasteiger partial charge in [-0.2, -0.15) is 5.10 Å². The van der Waals surface area contributed by atoms with E-state index in [-0.39, 0.29) is 17.8 Å². The molecule has 2 unspecified atom stereocenters. The lowest BCUT2D eigenvalue weighted by molar-refractivity contribution is 0.0117. The average Bonchev–Trinajstić information content (AvgIpc) is 3.04. The molecule has 7 heteroatoms. The lowest BCUT2D eigenvalue weighted by atomic mass is 10.1. The molecule has 2 aromatic heterocycles. The monoisotopic (exact) mass is 464 g/mol. The molecule has 0 aliphatic carbocycles. The number of halogens is 1. The standard InChI is InChI=1S/C19H21IN4O2/c1-3-17(14(2)26-12-15-7-5-4-6-8-15)24-19(25)23(13-22-24)18-10-9-16(20)11-21-18/h4-11,13-14,17H,3,12H2,1-2H3. The minimum absolute atomic E-state index is 0.142. The summed E-state index contributed by atoms with van der Waals surface area (Å²) in [5, 5.41) is 4.31. The summed E-state index contributed by atoms with van der Waals surface area (Å²) in [6, 6.07) is 13.6. The molecule has 0 radical (unpaired) electrons. The van der Waals surface area contributed by atoms with Gasteiger partial charge in [0.05, 0.1) is 18.8 Å². The third-order valence-electron chi connectivity index (χ3n) is 4.28. The Morgan fingerprint density at radius 2 is 1.96 bits per heavy atom. The second-order valence-electron chi connectivity index (χ2n) is 6.04. The molecule has 136 valence electrons. The van der Waals surface area contributed by atoms with E-state index in [1.807, 2.05) is 56.3 Å². The predicted octanol–water partition coefficient (Wildman–Crippen LogP) is 3.59. The number of rotatable bonds is 7. The molecule has 0 spiro atoms. The van der Waals surface area contributed by atoms with Crippen LogP contribution in [0.5, 0.6) is 0 Å². The maximum atomic E-state index is 12.8. The second kappa shape index (κ2) is 8.59. The Morgan fingerprint density at radius 1 is 1.19 bits per heavy atom. The molecule has 6 nitrogen and oxygen atoms in total. The van der Waals surface area contributed by atoms with Gasteiger partial charge in [0.15, 0.2) is 0 Å². The van der Waals surface area contributed by atoms with E-state index < -0.39 is 0 Å². The molecular formula is C19H21IN4O2. The predicted molar refractivity (Wildman–Crippen MR) is 108 cm³/mol. The van der Waals surface area contributed by atoms with Crippen LogP contribution < -0.4 is 5.69 Å². The first kappa shape index (κ1) is 18.8. The maximum Gasteiger partial charge on any atom is 0.351 e. The highest BCUT2D eigenvalue weighted by Gasteiger charge is 2.22. The van der Waals surface area contributed by atoms with E-state index in [2.05, 4.69) is 32.7 Å². The third-order valence-corrected chi connectivity index (χ3v) is 4.92. The van der Waals surface area contributed by atoms with Gasteiger partial charge in [-0.15, -0.1) is 0 Å². The summed E-state index contributed by atoms with van der Waals surface area (Å²) in [5.41, 5.74) is 0.899. The van der Waals surface area contributed by atoms with Crippen LogP contribution >= 0.6 is 22.6 Å². The van der Waals surface area contributed by atoms with Gasteiger partial charge in [0.1, 0.15) is 12.1 Å². The van der Waals surface area contributed by atoms with E-state index >= 15 is 0 Å². The van der Waals surface area contributed by atoms with Crippen LogP contribution in [0.2, 0.25) is 0 Å². The Labute approximate surface area is 166 Å². The molecule has 1 aromatic carbocycles. The fourth-order valence-electron chi connectivity index (χ4n) is 2.83. The molecule has 2 heterocycles. The summed E-state index contributed by atoms with van der Waals surface area (Å²) in [4.78, 5) is 17.1. The fraction of sp³-hybridized carbons (Fsp3) is 0.316. The van der Waals surface area contributed by atoms with Crippen LogP contribution in [-0.2, 0) is 11.3 Å². The molecule has 3 rings (SSSR count). The van der Waals surface area contributed by atoms with Gasteiger partial charge in [0.2, 0.25) is 0 Å². The molecule has 26 heavy (non-hydrogen) atoms. The maximum absolute atomic E-state index is 12.8. The molecule has 0 bridgehead atoms. The van der Waals surface area contributed by atoms with Crippen molar-refractivity contribution in [2.45, 2.75) is 39.0 Å². The molecule has 0 saturated heterocycles. The summed E-state index contributed by atoms with van der Waals surface area (Å²) in [7, 11) is 0. The Morgan fingerprint density at radius 3 is 2.62 bits per heavy atom. The van der Waals surface area contributed by atoms with Crippen molar-refractivity contribution >= 4 is 22.6 Å². The number of hydrogen-bond acceptors (Lipinski definition) is 4. The highest BCUT2D eigenvalue weighted by atomic mass is 127. The van der Waals surface area contributed by atoms with Crippen molar-refractivity contribution in [1.82, 2.24) is 19.3 Å². The van der Waals surface area contributed by atoms with E-state index in [1.54, 1.807) is 6.20 Å². The van der Waals surface area contributed by atoms with Crippen molar-refractivity contribution in [1.29, 1.82) is 0 Å². The Hall–Kier alpha value is -2.00. The van der Waals surface area contributed by atoms with Gasteiger partial charge in [0, 0.05) is 9.77 Å². The number of nitrogens with zero attached hydrogens (tertiary/aromatic N) is 4. The first-order chi connectivity index (χ1) is 12.6. The molecule has 0 fully saturated rings. The average molecular weight is 464 g/mol. The van der Waals surface area contributed by atoms with Gasteiger partial charge in [-0.3, -0.25) is 0 Å². The minimum atomic E-state index is -0.208. The topological polar surface area (TPSA) is 61.9 Å². The number of aromatic nitrogens is 4.